The number of benzene rings is 1. The number of nitrogens with one attached hydrogen (secondary N) is 1. The largest absolute Gasteiger partial charge is 0.456 e. The Morgan fingerprint density at radius 2 is 1.56 bits per heavy atom. The molecule has 0 aromatic heterocycles. The van der Waals surface area contributed by atoms with Gasteiger partial charge >= 0.3 is 5.97 Å². The Kier molecular flexibility index (Phi) is 4.74. The third-order valence-corrected chi connectivity index (χ3v) is 6.44. The number of rotatable bonds is 6. The molecular formula is C21H24FNO4. The molecule has 1 amide bonds. The van der Waals surface area contributed by atoms with Crippen LogP contribution in [0.15, 0.2) is 24.3 Å². The molecule has 0 heterocycles. The van der Waals surface area contributed by atoms with Gasteiger partial charge < -0.3 is 10.1 Å². The molecule has 4 bridgehead atoms. The lowest BCUT2D eigenvalue weighted by Gasteiger charge is -2.55. The Morgan fingerprint density at radius 3 is 2.11 bits per heavy atom. The quantitative estimate of drug-likeness (QED) is 0.615. The van der Waals surface area contributed by atoms with Crippen LogP contribution in [0.4, 0.5) is 4.39 Å². The van der Waals surface area contributed by atoms with Crippen LogP contribution >= 0.6 is 0 Å². The fourth-order valence-corrected chi connectivity index (χ4v) is 5.64. The van der Waals surface area contributed by atoms with E-state index in [1.54, 1.807) is 0 Å². The highest BCUT2D eigenvalue weighted by Gasteiger charge is 2.54. The molecule has 4 fully saturated rings. The Morgan fingerprint density at radius 1 is 1.00 bits per heavy atom. The number of carbonyl (C=O) groups excluding carboxylic acids is 3. The number of ether oxygens (including phenoxy) is 1. The Hall–Kier alpha value is -2.24. The van der Waals surface area contributed by atoms with Gasteiger partial charge in [-0.05, 0) is 80.5 Å². The van der Waals surface area contributed by atoms with Crippen molar-refractivity contribution in [3.05, 3.63) is 35.6 Å². The first-order chi connectivity index (χ1) is 12.9. The maximum Gasteiger partial charge on any atom is 0.325 e. The van der Waals surface area contributed by atoms with Crippen LogP contribution in [0.5, 0.6) is 0 Å². The fraction of sp³-hybridized carbons (Fsp3) is 0.571. The second-order valence-electron chi connectivity index (χ2n) is 8.47. The van der Waals surface area contributed by atoms with Crippen LogP contribution in [0.3, 0.4) is 0 Å². The van der Waals surface area contributed by atoms with Crippen LogP contribution in [0.2, 0.25) is 0 Å². The molecule has 4 saturated carbocycles. The van der Waals surface area contributed by atoms with E-state index < -0.39 is 24.2 Å². The molecule has 1 N–H and O–H groups in total. The van der Waals surface area contributed by atoms with E-state index in [2.05, 4.69) is 5.32 Å². The summed E-state index contributed by atoms with van der Waals surface area (Å²) in [5.41, 5.74) is -0.0271. The molecule has 6 heteroatoms. The van der Waals surface area contributed by atoms with Crippen LogP contribution in [-0.2, 0) is 14.3 Å². The minimum absolute atomic E-state index is 0.0385. The summed E-state index contributed by atoms with van der Waals surface area (Å²) in [4.78, 5) is 36.6. The van der Waals surface area contributed by atoms with Gasteiger partial charge in [0.2, 0.25) is 5.91 Å². The van der Waals surface area contributed by atoms with Gasteiger partial charge in [0.15, 0.2) is 12.4 Å². The normalized spacial score (nSPS) is 30.8. The summed E-state index contributed by atoms with van der Waals surface area (Å²) in [5.74, 6) is 0.450. The molecule has 4 aliphatic rings. The summed E-state index contributed by atoms with van der Waals surface area (Å²) in [6.45, 7) is -0.644. The molecule has 144 valence electrons. The highest BCUT2D eigenvalue weighted by Crippen LogP contribution is 2.60. The maximum absolute atomic E-state index is 12.9. The Balaban J connectivity index is 1.25. The molecule has 4 aliphatic carbocycles. The second-order valence-corrected chi connectivity index (χ2v) is 8.47. The molecule has 1 aromatic rings. The zero-order valence-corrected chi connectivity index (χ0v) is 15.2. The Labute approximate surface area is 157 Å². The van der Waals surface area contributed by atoms with Gasteiger partial charge in [-0.3, -0.25) is 14.4 Å². The number of carbonyl (C=O) groups is 3. The van der Waals surface area contributed by atoms with Gasteiger partial charge in [-0.2, -0.15) is 0 Å². The van der Waals surface area contributed by atoms with E-state index in [0.29, 0.717) is 17.8 Å². The van der Waals surface area contributed by atoms with Crippen molar-refractivity contribution in [1.29, 1.82) is 0 Å². The smallest absolute Gasteiger partial charge is 0.325 e. The predicted molar refractivity (Wildman–Crippen MR) is 95.3 cm³/mol. The van der Waals surface area contributed by atoms with E-state index in [1.807, 2.05) is 0 Å². The molecule has 0 saturated heterocycles. The third-order valence-electron chi connectivity index (χ3n) is 6.44. The van der Waals surface area contributed by atoms with Gasteiger partial charge in [0.05, 0.1) is 0 Å². The SMILES string of the molecule is O=C(CNC(=O)C12CC3CC(CC(C3)C1)C2)OCC(=O)c1ccc(F)cc1. The first kappa shape index (κ1) is 18.1. The van der Waals surface area contributed by atoms with Crippen molar-refractivity contribution in [2.45, 2.75) is 38.5 Å². The minimum atomic E-state index is -0.636. The third kappa shape index (κ3) is 3.75. The molecule has 1 aromatic carbocycles. The summed E-state index contributed by atoms with van der Waals surface area (Å²) >= 11 is 0. The van der Waals surface area contributed by atoms with Gasteiger partial charge in [-0.1, -0.05) is 0 Å². The van der Waals surface area contributed by atoms with Gasteiger partial charge in [-0.15, -0.1) is 0 Å². The van der Waals surface area contributed by atoms with Crippen LogP contribution in [0.1, 0.15) is 48.9 Å². The molecule has 0 spiro atoms. The zero-order chi connectivity index (χ0) is 19.0. The van der Waals surface area contributed by atoms with Crippen molar-refractivity contribution >= 4 is 17.7 Å². The van der Waals surface area contributed by atoms with Crippen LogP contribution in [0.25, 0.3) is 0 Å². The number of ketones is 1. The molecule has 27 heavy (non-hydrogen) atoms. The lowest BCUT2D eigenvalue weighted by molar-refractivity contribution is -0.150. The number of hydrogen-bond acceptors (Lipinski definition) is 4. The van der Waals surface area contributed by atoms with Crippen molar-refractivity contribution in [1.82, 2.24) is 5.32 Å². The molecule has 0 radical (unpaired) electrons. The van der Waals surface area contributed by atoms with Gasteiger partial charge in [0, 0.05) is 11.0 Å². The first-order valence-electron chi connectivity index (χ1n) is 9.66. The van der Waals surface area contributed by atoms with Gasteiger partial charge in [0.1, 0.15) is 12.4 Å². The maximum atomic E-state index is 12.9. The molecular weight excluding hydrogens is 349 g/mol. The van der Waals surface area contributed by atoms with E-state index >= 15 is 0 Å². The van der Waals surface area contributed by atoms with E-state index in [0.717, 1.165) is 19.3 Å². The predicted octanol–water partition coefficient (Wildman–Crippen LogP) is 2.88. The summed E-state index contributed by atoms with van der Waals surface area (Å²) in [7, 11) is 0. The molecule has 0 aliphatic heterocycles. The fourth-order valence-electron chi connectivity index (χ4n) is 5.64. The van der Waals surface area contributed by atoms with Crippen molar-refractivity contribution in [3.8, 4) is 0 Å². The molecule has 5 nitrogen and oxygen atoms in total. The summed E-state index contributed by atoms with van der Waals surface area (Å²) in [6, 6.07) is 5.06. The number of hydrogen-bond donors (Lipinski definition) is 1. The summed E-state index contributed by atoms with van der Waals surface area (Å²) in [6.07, 6.45) is 6.55. The number of amides is 1. The zero-order valence-electron chi connectivity index (χ0n) is 15.2. The number of esters is 1. The van der Waals surface area contributed by atoms with Crippen molar-refractivity contribution in [2.75, 3.05) is 13.2 Å². The van der Waals surface area contributed by atoms with Crippen LogP contribution in [-0.4, -0.2) is 30.8 Å². The van der Waals surface area contributed by atoms with Crippen molar-refractivity contribution in [2.24, 2.45) is 23.2 Å². The highest BCUT2D eigenvalue weighted by atomic mass is 19.1. The summed E-state index contributed by atoms with van der Waals surface area (Å²) < 4.78 is 17.8. The average Bonchev–Trinajstić information content (AvgIpc) is 2.63. The highest BCUT2D eigenvalue weighted by molar-refractivity contribution is 5.98. The van der Waals surface area contributed by atoms with E-state index in [9.17, 15) is 18.8 Å². The van der Waals surface area contributed by atoms with Crippen molar-refractivity contribution in [3.63, 3.8) is 0 Å². The topological polar surface area (TPSA) is 72.5 Å². The van der Waals surface area contributed by atoms with E-state index in [1.165, 1.54) is 43.5 Å². The lowest BCUT2D eigenvalue weighted by Crippen LogP contribution is -2.54. The Bertz CT molecular complexity index is 723. The van der Waals surface area contributed by atoms with Gasteiger partial charge in [0.25, 0.3) is 0 Å². The number of halogens is 1. The molecule has 0 unspecified atom stereocenters. The monoisotopic (exact) mass is 373 g/mol. The average molecular weight is 373 g/mol. The standard InChI is InChI=1S/C21H24FNO4/c22-17-3-1-16(2-4-17)18(24)12-27-19(25)11-23-20(26)21-8-13-5-14(9-21)7-15(6-13)10-21/h1-4,13-15H,5-12H2,(H,23,26). The lowest BCUT2D eigenvalue weighted by atomic mass is 9.49. The van der Waals surface area contributed by atoms with E-state index in [-0.39, 0.29) is 23.4 Å². The van der Waals surface area contributed by atoms with E-state index in [4.69, 9.17) is 4.74 Å². The second kappa shape index (κ2) is 7.06. The minimum Gasteiger partial charge on any atom is -0.456 e. The van der Waals surface area contributed by atoms with Crippen LogP contribution < -0.4 is 5.32 Å². The molecule has 0 atom stereocenters. The van der Waals surface area contributed by atoms with Crippen LogP contribution in [0, 0.1) is 29.0 Å². The van der Waals surface area contributed by atoms with Gasteiger partial charge in [-0.25, -0.2) is 4.39 Å². The van der Waals surface area contributed by atoms with Crippen molar-refractivity contribution < 1.29 is 23.5 Å². The first-order valence-corrected chi connectivity index (χ1v) is 9.66. The number of Topliss-reactive ketones (excluding diaryl/α,β-unsaturated/α-hetero) is 1. The summed E-state index contributed by atoms with van der Waals surface area (Å²) in [5, 5.41) is 2.74. The molecule has 5 rings (SSSR count).